The number of benzene rings is 3. The Morgan fingerprint density at radius 2 is 1.29 bits per heavy atom. The molecule has 0 aromatic heterocycles. The summed E-state index contributed by atoms with van der Waals surface area (Å²) in [5, 5.41) is 0.479. The highest BCUT2D eigenvalue weighted by Gasteiger charge is 2.32. The molecule has 1 fully saturated rings. The largest absolute Gasteiger partial charge is 0.292 e. The number of nitrogens with zero attached hydrogens (tertiary/aromatic N) is 2. The van der Waals surface area contributed by atoms with Crippen molar-refractivity contribution in [3.8, 4) is 0 Å². The monoisotopic (exact) mass is 519 g/mol. The van der Waals surface area contributed by atoms with E-state index in [1.807, 2.05) is 30.3 Å². The van der Waals surface area contributed by atoms with E-state index in [9.17, 15) is 16.8 Å². The van der Waals surface area contributed by atoms with Gasteiger partial charge in [0.15, 0.2) is 0 Å². The summed E-state index contributed by atoms with van der Waals surface area (Å²) in [6.45, 7) is 1.73. The van der Waals surface area contributed by atoms with Crippen molar-refractivity contribution in [1.29, 1.82) is 0 Å². The van der Waals surface area contributed by atoms with E-state index in [4.69, 9.17) is 11.6 Å². The van der Waals surface area contributed by atoms with Crippen molar-refractivity contribution in [2.24, 2.45) is 0 Å². The summed E-state index contributed by atoms with van der Waals surface area (Å²) in [5.41, 5.74) is 0.965. The maximum Gasteiger partial charge on any atom is 0.243 e. The second-order valence-electron chi connectivity index (χ2n) is 7.99. The van der Waals surface area contributed by atoms with Gasteiger partial charge in [-0.2, -0.15) is 4.31 Å². The van der Waals surface area contributed by atoms with Crippen LogP contribution in [0.4, 0.5) is 0 Å². The van der Waals surface area contributed by atoms with E-state index in [2.05, 4.69) is 9.62 Å². The summed E-state index contributed by atoms with van der Waals surface area (Å²) in [7, 11) is -7.30. The standard InChI is InChI=1S/C24H26ClN3O4S2/c25-21-11-13-23(14-12-21)34(31,32)28-17-15-27(16-18-28)24(20-7-3-1-4-8-20)19-26-33(29,30)22-9-5-2-6-10-22/h1-14,24,26H,15-19H2/t24-/m1/s1. The summed E-state index contributed by atoms with van der Waals surface area (Å²) < 4.78 is 55.8. The smallest absolute Gasteiger partial charge is 0.243 e. The molecule has 0 unspecified atom stereocenters. The summed E-state index contributed by atoms with van der Waals surface area (Å²) in [6, 6.07) is 23.8. The molecule has 1 saturated heterocycles. The second kappa shape index (κ2) is 10.6. The second-order valence-corrected chi connectivity index (χ2v) is 12.1. The van der Waals surface area contributed by atoms with Gasteiger partial charge in [0, 0.05) is 43.8 Å². The predicted molar refractivity (Wildman–Crippen MR) is 133 cm³/mol. The van der Waals surface area contributed by atoms with Crippen LogP contribution in [0, 0.1) is 0 Å². The van der Waals surface area contributed by atoms with Crippen LogP contribution in [0.2, 0.25) is 5.02 Å². The van der Waals surface area contributed by atoms with Gasteiger partial charge in [-0.1, -0.05) is 60.1 Å². The number of piperazine rings is 1. The van der Waals surface area contributed by atoms with Crippen LogP contribution >= 0.6 is 11.6 Å². The Labute approximate surface area is 206 Å². The molecule has 0 aliphatic carbocycles. The number of hydrogen-bond donors (Lipinski definition) is 1. The van der Waals surface area contributed by atoms with Crippen LogP contribution in [-0.4, -0.2) is 58.8 Å². The Balaban J connectivity index is 1.48. The molecule has 1 aliphatic heterocycles. The molecular formula is C24H26ClN3O4S2. The third-order valence-corrected chi connectivity index (χ3v) is 9.47. The molecule has 3 aromatic carbocycles. The average Bonchev–Trinajstić information content (AvgIpc) is 2.86. The molecule has 0 saturated carbocycles. The Bertz CT molecular complexity index is 1300. The van der Waals surface area contributed by atoms with Crippen LogP contribution in [0.1, 0.15) is 11.6 Å². The molecule has 7 nitrogen and oxygen atoms in total. The molecule has 0 amide bonds. The third kappa shape index (κ3) is 5.68. The summed E-state index contributed by atoms with van der Waals surface area (Å²) in [5.74, 6) is 0. The van der Waals surface area contributed by atoms with Gasteiger partial charge in [0.25, 0.3) is 0 Å². The SMILES string of the molecule is O=S(=O)(NC[C@H](c1ccccc1)N1CCN(S(=O)(=O)c2ccc(Cl)cc2)CC1)c1ccccc1. The zero-order valence-corrected chi connectivity index (χ0v) is 20.8. The minimum atomic E-state index is -3.67. The first kappa shape index (κ1) is 24.8. The molecule has 1 aliphatic rings. The van der Waals surface area contributed by atoms with Gasteiger partial charge in [-0.25, -0.2) is 21.6 Å². The van der Waals surface area contributed by atoms with Gasteiger partial charge < -0.3 is 0 Å². The van der Waals surface area contributed by atoms with Gasteiger partial charge in [-0.15, -0.1) is 0 Å². The summed E-state index contributed by atoms with van der Waals surface area (Å²) >= 11 is 5.90. The lowest BCUT2D eigenvalue weighted by Crippen LogP contribution is -2.51. The van der Waals surface area contributed by atoms with E-state index in [0.29, 0.717) is 31.2 Å². The Morgan fingerprint density at radius 3 is 1.88 bits per heavy atom. The van der Waals surface area contributed by atoms with Crippen LogP contribution in [0.5, 0.6) is 0 Å². The van der Waals surface area contributed by atoms with Crippen molar-refractivity contribution in [2.75, 3.05) is 32.7 Å². The normalized spacial score (nSPS) is 16.9. The first-order valence-corrected chi connectivity index (χ1v) is 14.2. The van der Waals surface area contributed by atoms with Crippen LogP contribution in [0.3, 0.4) is 0 Å². The molecule has 4 rings (SSSR count). The minimum Gasteiger partial charge on any atom is -0.292 e. The van der Waals surface area contributed by atoms with E-state index in [-0.39, 0.29) is 22.4 Å². The lowest BCUT2D eigenvalue weighted by Gasteiger charge is -2.39. The maximum absolute atomic E-state index is 13.0. The quantitative estimate of drug-likeness (QED) is 0.493. The maximum atomic E-state index is 13.0. The van der Waals surface area contributed by atoms with Crippen molar-refractivity contribution in [3.63, 3.8) is 0 Å². The van der Waals surface area contributed by atoms with Gasteiger partial charge in [0.2, 0.25) is 20.0 Å². The molecule has 0 radical (unpaired) electrons. The fourth-order valence-electron chi connectivity index (χ4n) is 4.02. The fraction of sp³-hybridized carbons (Fsp3) is 0.250. The van der Waals surface area contributed by atoms with Crippen molar-refractivity contribution in [3.05, 3.63) is 95.5 Å². The molecule has 180 valence electrons. The van der Waals surface area contributed by atoms with Crippen LogP contribution in [-0.2, 0) is 20.0 Å². The van der Waals surface area contributed by atoms with Crippen molar-refractivity contribution >= 4 is 31.6 Å². The highest BCUT2D eigenvalue weighted by atomic mass is 35.5. The molecule has 0 bridgehead atoms. The highest BCUT2D eigenvalue weighted by molar-refractivity contribution is 7.89. The van der Waals surface area contributed by atoms with Crippen LogP contribution < -0.4 is 4.72 Å². The average molecular weight is 520 g/mol. The first-order valence-electron chi connectivity index (χ1n) is 10.9. The number of halogens is 1. The Kier molecular flexibility index (Phi) is 7.71. The molecule has 10 heteroatoms. The van der Waals surface area contributed by atoms with Gasteiger partial charge in [0.05, 0.1) is 9.79 Å². The number of sulfonamides is 2. The number of nitrogens with one attached hydrogen (secondary N) is 1. The Hall–Kier alpha value is -2.27. The topological polar surface area (TPSA) is 86.8 Å². The van der Waals surface area contributed by atoms with E-state index >= 15 is 0 Å². The van der Waals surface area contributed by atoms with Gasteiger partial charge in [-0.05, 0) is 42.0 Å². The lowest BCUT2D eigenvalue weighted by molar-refractivity contribution is 0.138. The van der Waals surface area contributed by atoms with Crippen LogP contribution in [0.15, 0.2) is 94.7 Å². The van der Waals surface area contributed by atoms with E-state index < -0.39 is 20.0 Å². The first-order chi connectivity index (χ1) is 16.3. The van der Waals surface area contributed by atoms with E-state index in [0.717, 1.165) is 5.56 Å². The molecule has 1 heterocycles. The number of rotatable bonds is 8. The molecule has 1 N–H and O–H groups in total. The van der Waals surface area contributed by atoms with Gasteiger partial charge in [-0.3, -0.25) is 4.90 Å². The zero-order chi connectivity index (χ0) is 24.2. The van der Waals surface area contributed by atoms with E-state index in [1.165, 1.54) is 16.4 Å². The number of hydrogen-bond acceptors (Lipinski definition) is 5. The van der Waals surface area contributed by atoms with Crippen molar-refractivity contribution in [1.82, 2.24) is 13.9 Å². The molecule has 1 atom stereocenters. The van der Waals surface area contributed by atoms with E-state index in [1.54, 1.807) is 42.5 Å². The molecule has 34 heavy (non-hydrogen) atoms. The summed E-state index contributed by atoms with van der Waals surface area (Å²) in [6.07, 6.45) is 0. The zero-order valence-electron chi connectivity index (χ0n) is 18.4. The minimum absolute atomic E-state index is 0.172. The highest BCUT2D eigenvalue weighted by Crippen LogP contribution is 2.25. The lowest BCUT2D eigenvalue weighted by atomic mass is 10.0. The van der Waals surface area contributed by atoms with Crippen LogP contribution in [0.25, 0.3) is 0 Å². The fourth-order valence-corrected chi connectivity index (χ4v) is 6.62. The molecule has 0 spiro atoms. The van der Waals surface area contributed by atoms with Gasteiger partial charge in [0.1, 0.15) is 0 Å². The van der Waals surface area contributed by atoms with Crippen molar-refractivity contribution < 1.29 is 16.8 Å². The molecule has 3 aromatic rings. The third-order valence-electron chi connectivity index (χ3n) is 5.87. The predicted octanol–water partition coefficient (Wildman–Crippen LogP) is 3.37. The molecular weight excluding hydrogens is 494 g/mol. The Morgan fingerprint density at radius 1 is 0.735 bits per heavy atom. The van der Waals surface area contributed by atoms with Crippen molar-refractivity contribution in [2.45, 2.75) is 15.8 Å². The summed E-state index contributed by atoms with van der Waals surface area (Å²) in [4.78, 5) is 2.54. The van der Waals surface area contributed by atoms with Gasteiger partial charge >= 0.3 is 0 Å².